The van der Waals surface area contributed by atoms with Crippen molar-refractivity contribution < 1.29 is 41.1 Å². The number of hydrogen-bond donors (Lipinski definition) is 3. The van der Waals surface area contributed by atoms with Crippen molar-refractivity contribution in [3.63, 3.8) is 0 Å². The van der Waals surface area contributed by atoms with E-state index in [0.717, 1.165) is 32.1 Å². The molecule has 1 saturated heterocycles. The maximum atomic E-state index is 14.1. The zero-order valence-corrected chi connectivity index (χ0v) is 28.1. The monoisotopic (exact) mass is 723 g/mol. The number of carboxylic acid groups (broad SMARTS) is 1. The molecule has 4 aromatic rings. The number of hydrogen-bond acceptors (Lipinski definition) is 7. The van der Waals surface area contributed by atoms with Crippen LogP contribution in [0.1, 0.15) is 23.1 Å². The number of nitrogens with zero attached hydrogens (tertiary/aromatic N) is 3. The van der Waals surface area contributed by atoms with E-state index in [-0.39, 0.29) is 17.2 Å². The molecule has 1 atom stereocenters. The smallest absolute Gasteiger partial charge is 0.475 e. The summed E-state index contributed by atoms with van der Waals surface area (Å²) in [5.41, 5.74) is 4.53. The van der Waals surface area contributed by atoms with Crippen molar-refractivity contribution >= 4 is 34.0 Å². The molecule has 2 amide bonds. The lowest BCUT2D eigenvalue weighted by Gasteiger charge is -2.27. The van der Waals surface area contributed by atoms with Crippen LogP contribution in [0, 0.1) is 0 Å². The molecule has 1 aliphatic rings. The van der Waals surface area contributed by atoms with Gasteiger partial charge < -0.3 is 21.2 Å². The number of benzene rings is 4. The average Bonchev–Trinajstić information content (AvgIpc) is 3.46. The fourth-order valence-electron chi connectivity index (χ4n) is 5.36. The van der Waals surface area contributed by atoms with Gasteiger partial charge in [-0.15, -0.1) is 0 Å². The Kier molecular flexibility index (Phi) is 13.1. The second kappa shape index (κ2) is 17.4. The van der Waals surface area contributed by atoms with Gasteiger partial charge in [0.25, 0.3) is 0 Å². The third kappa shape index (κ3) is 10.7. The lowest BCUT2D eigenvalue weighted by molar-refractivity contribution is -0.192. The Labute approximate surface area is 293 Å². The van der Waals surface area contributed by atoms with Crippen molar-refractivity contribution in [1.82, 2.24) is 14.5 Å². The molecule has 268 valence electrons. The topological polar surface area (TPSA) is 162 Å². The van der Waals surface area contributed by atoms with Gasteiger partial charge in [0.15, 0.2) is 0 Å². The molecular formula is C36H36F3N5O6S. The van der Waals surface area contributed by atoms with Gasteiger partial charge in [-0.3, -0.25) is 9.59 Å². The third-order valence-corrected chi connectivity index (χ3v) is 9.72. The van der Waals surface area contributed by atoms with Crippen molar-refractivity contribution in [3.05, 3.63) is 126 Å². The Morgan fingerprint density at radius 1 is 0.922 bits per heavy atom. The standard InChI is InChI=1S/C34H35N5O4S.C2HF3O2/c35-37-23-27-10-7-11-28(22-27)24-38-21-19-32(34(38)41)39(25-33(40)36-20-18-26-8-3-1-4-9-26)44(42,43)31-16-14-30(15-17-31)29-12-5-2-6-13-29;3-2(4,5)1(6)7/h1-17,22-23,32H,18-21,24-25,35H2,(H,36,40);(H,6,7)/t32-;/m0./s1. The van der Waals surface area contributed by atoms with Gasteiger partial charge in [0, 0.05) is 19.6 Å². The minimum Gasteiger partial charge on any atom is -0.475 e. The summed E-state index contributed by atoms with van der Waals surface area (Å²) in [6.45, 7) is 0.526. The number of carboxylic acids is 1. The van der Waals surface area contributed by atoms with Crippen LogP contribution in [0.5, 0.6) is 0 Å². The second-order valence-corrected chi connectivity index (χ2v) is 13.3. The van der Waals surface area contributed by atoms with Crippen LogP contribution in [0.15, 0.2) is 119 Å². The van der Waals surface area contributed by atoms with Crippen LogP contribution in [0.4, 0.5) is 13.2 Å². The first-order chi connectivity index (χ1) is 24.3. The van der Waals surface area contributed by atoms with E-state index in [9.17, 15) is 31.2 Å². The summed E-state index contributed by atoms with van der Waals surface area (Å²) in [6, 6.07) is 32.3. The molecule has 4 N–H and O–H groups in total. The van der Waals surface area contributed by atoms with Crippen molar-refractivity contribution in [1.29, 1.82) is 0 Å². The lowest BCUT2D eigenvalue weighted by Crippen LogP contribution is -2.49. The molecule has 15 heteroatoms. The number of rotatable bonds is 12. The van der Waals surface area contributed by atoms with E-state index in [1.807, 2.05) is 84.9 Å². The zero-order valence-electron chi connectivity index (χ0n) is 27.2. The summed E-state index contributed by atoms with van der Waals surface area (Å²) in [4.78, 5) is 37.4. The maximum Gasteiger partial charge on any atom is 0.490 e. The Balaban J connectivity index is 0.000000755. The summed E-state index contributed by atoms with van der Waals surface area (Å²) in [6.07, 6.45) is -2.70. The Morgan fingerprint density at radius 3 is 2.12 bits per heavy atom. The van der Waals surface area contributed by atoms with Crippen LogP contribution < -0.4 is 11.2 Å². The molecule has 0 spiro atoms. The Hall–Kier alpha value is -5.54. The fourth-order valence-corrected chi connectivity index (χ4v) is 6.93. The summed E-state index contributed by atoms with van der Waals surface area (Å²) >= 11 is 0. The predicted molar refractivity (Wildman–Crippen MR) is 185 cm³/mol. The van der Waals surface area contributed by atoms with E-state index in [0.29, 0.717) is 26.1 Å². The van der Waals surface area contributed by atoms with Crippen LogP contribution in [-0.4, -0.2) is 78.6 Å². The Morgan fingerprint density at radius 2 is 1.51 bits per heavy atom. The van der Waals surface area contributed by atoms with Crippen molar-refractivity contribution in [2.75, 3.05) is 19.6 Å². The number of amides is 2. The van der Waals surface area contributed by atoms with Crippen molar-refractivity contribution in [2.24, 2.45) is 10.9 Å². The zero-order chi connectivity index (χ0) is 37.0. The van der Waals surface area contributed by atoms with Gasteiger partial charge in [0.1, 0.15) is 6.04 Å². The first-order valence-corrected chi connectivity index (χ1v) is 17.1. The number of carbonyl (C=O) groups is 3. The van der Waals surface area contributed by atoms with Gasteiger partial charge in [0.2, 0.25) is 21.8 Å². The molecule has 1 aliphatic heterocycles. The number of halogens is 3. The molecule has 0 aromatic heterocycles. The highest BCUT2D eigenvalue weighted by Gasteiger charge is 2.43. The highest BCUT2D eigenvalue weighted by molar-refractivity contribution is 7.89. The molecule has 5 rings (SSSR count). The molecule has 0 saturated carbocycles. The van der Waals surface area contributed by atoms with E-state index >= 15 is 0 Å². The molecular weight excluding hydrogens is 687 g/mol. The molecule has 4 aromatic carbocycles. The number of nitrogens with two attached hydrogens (primary N) is 1. The van der Waals surface area contributed by atoms with E-state index in [1.165, 1.54) is 18.3 Å². The van der Waals surface area contributed by atoms with E-state index in [1.54, 1.807) is 17.0 Å². The highest BCUT2D eigenvalue weighted by Crippen LogP contribution is 2.28. The minimum atomic E-state index is -5.08. The van der Waals surface area contributed by atoms with Gasteiger partial charge in [-0.2, -0.15) is 22.6 Å². The van der Waals surface area contributed by atoms with Crippen molar-refractivity contribution in [3.8, 4) is 11.1 Å². The quantitative estimate of drug-likeness (QED) is 0.111. The molecule has 1 heterocycles. The number of likely N-dealkylation sites (tertiary alicyclic amines) is 1. The number of nitrogens with one attached hydrogen (secondary N) is 1. The molecule has 0 radical (unpaired) electrons. The van der Waals surface area contributed by atoms with Crippen LogP contribution in [0.25, 0.3) is 11.1 Å². The predicted octanol–water partition coefficient (Wildman–Crippen LogP) is 4.43. The Bertz CT molecular complexity index is 1930. The molecule has 0 aliphatic carbocycles. The first kappa shape index (κ1) is 38.3. The second-order valence-electron chi connectivity index (χ2n) is 11.4. The van der Waals surface area contributed by atoms with E-state index in [4.69, 9.17) is 15.7 Å². The number of carbonyl (C=O) groups excluding carboxylic acids is 2. The largest absolute Gasteiger partial charge is 0.490 e. The molecule has 51 heavy (non-hydrogen) atoms. The molecule has 0 unspecified atom stereocenters. The van der Waals surface area contributed by atoms with E-state index < -0.39 is 40.7 Å². The lowest BCUT2D eigenvalue weighted by atomic mass is 10.1. The normalized spacial score (nSPS) is 14.7. The number of aliphatic carboxylic acids is 1. The minimum absolute atomic E-state index is 0.0225. The van der Waals surface area contributed by atoms with Crippen LogP contribution in [0.2, 0.25) is 0 Å². The van der Waals surface area contributed by atoms with E-state index in [2.05, 4.69) is 10.4 Å². The third-order valence-electron chi connectivity index (χ3n) is 7.85. The van der Waals surface area contributed by atoms with Gasteiger partial charge in [-0.25, -0.2) is 13.2 Å². The summed E-state index contributed by atoms with van der Waals surface area (Å²) < 4.78 is 60.9. The first-order valence-electron chi connectivity index (χ1n) is 15.7. The average molecular weight is 724 g/mol. The van der Waals surface area contributed by atoms with Gasteiger partial charge in [-0.1, -0.05) is 91.0 Å². The molecule has 11 nitrogen and oxygen atoms in total. The van der Waals surface area contributed by atoms with Crippen LogP contribution >= 0.6 is 0 Å². The van der Waals surface area contributed by atoms with Gasteiger partial charge >= 0.3 is 12.1 Å². The number of alkyl halides is 3. The highest BCUT2D eigenvalue weighted by atomic mass is 32.2. The number of hydrazone groups is 1. The molecule has 0 bridgehead atoms. The maximum absolute atomic E-state index is 14.1. The fraction of sp³-hybridized carbons (Fsp3) is 0.222. The van der Waals surface area contributed by atoms with Crippen LogP contribution in [0.3, 0.4) is 0 Å². The molecule has 1 fully saturated rings. The van der Waals surface area contributed by atoms with Gasteiger partial charge in [0.05, 0.1) is 17.7 Å². The van der Waals surface area contributed by atoms with Gasteiger partial charge in [-0.05, 0) is 58.9 Å². The van der Waals surface area contributed by atoms with Crippen molar-refractivity contribution in [2.45, 2.75) is 36.5 Å². The summed E-state index contributed by atoms with van der Waals surface area (Å²) in [7, 11) is -4.21. The number of sulfonamides is 1. The van der Waals surface area contributed by atoms with Crippen LogP contribution in [-0.2, 0) is 37.4 Å². The SMILES string of the molecule is NN=Cc1cccc(CN2CC[C@H](N(CC(=O)NCCc3ccccc3)S(=O)(=O)c3ccc(-c4ccccc4)cc3)C2=O)c1.O=C(O)C(F)(F)F. The summed E-state index contributed by atoms with van der Waals surface area (Å²) in [5.74, 6) is 1.72. The summed E-state index contributed by atoms with van der Waals surface area (Å²) in [5, 5.41) is 13.5.